The van der Waals surface area contributed by atoms with Crippen LogP contribution in [0.3, 0.4) is 0 Å². The molecule has 1 saturated heterocycles. The largest absolute Gasteiger partial charge is 0.466 e. The average Bonchev–Trinajstić information content (AvgIpc) is 2.60. The van der Waals surface area contributed by atoms with Crippen molar-refractivity contribution in [1.82, 2.24) is 4.90 Å². The summed E-state index contributed by atoms with van der Waals surface area (Å²) in [6, 6.07) is 6.53. The number of hydrogen-bond donors (Lipinski definition) is 1. The number of piperazine rings is 1. The molecule has 0 unspecified atom stereocenters. The van der Waals surface area contributed by atoms with Crippen LogP contribution in [0, 0.1) is 5.82 Å². The fraction of sp³-hybridized carbons (Fsp3) is 0.529. The Bertz CT molecular complexity index is 560. The van der Waals surface area contributed by atoms with Crippen LogP contribution in [0.25, 0.3) is 0 Å². The van der Waals surface area contributed by atoms with Crippen molar-refractivity contribution in [3.63, 3.8) is 0 Å². The quantitative estimate of drug-likeness (QED) is 0.230. The van der Waals surface area contributed by atoms with Crippen LogP contribution in [0.5, 0.6) is 0 Å². The zero-order chi connectivity index (χ0) is 17.4. The Kier molecular flexibility index (Phi) is 9.54. The predicted molar refractivity (Wildman–Crippen MR) is 108 cm³/mol. The van der Waals surface area contributed by atoms with E-state index in [1.807, 2.05) is 4.90 Å². The highest BCUT2D eigenvalue weighted by molar-refractivity contribution is 14.0. The van der Waals surface area contributed by atoms with Gasteiger partial charge in [0.15, 0.2) is 5.96 Å². The first-order chi connectivity index (χ1) is 11.6. The average molecular weight is 464 g/mol. The van der Waals surface area contributed by atoms with Crippen LogP contribution in [-0.4, -0.2) is 56.2 Å². The number of benzene rings is 1. The summed E-state index contributed by atoms with van der Waals surface area (Å²) in [6.45, 7) is 5.87. The molecule has 1 aliphatic rings. The molecule has 1 fully saturated rings. The molecule has 1 aliphatic heterocycles. The third-order valence-electron chi connectivity index (χ3n) is 3.91. The Morgan fingerprint density at radius 1 is 1.24 bits per heavy atom. The zero-order valence-corrected chi connectivity index (χ0v) is 16.8. The molecule has 0 bridgehead atoms. The molecular formula is C17H26FIN4O2. The van der Waals surface area contributed by atoms with Gasteiger partial charge < -0.3 is 20.3 Å². The Balaban J connectivity index is 0.00000312. The molecule has 1 heterocycles. The number of rotatable bonds is 6. The van der Waals surface area contributed by atoms with Crippen molar-refractivity contribution in [3.8, 4) is 0 Å². The first-order valence-corrected chi connectivity index (χ1v) is 8.31. The lowest BCUT2D eigenvalue weighted by Gasteiger charge is -2.36. The van der Waals surface area contributed by atoms with Crippen LogP contribution in [-0.2, 0) is 9.53 Å². The molecule has 0 aromatic heterocycles. The normalized spacial score (nSPS) is 14.9. The molecular weight excluding hydrogens is 438 g/mol. The van der Waals surface area contributed by atoms with E-state index >= 15 is 0 Å². The number of aliphatic imine (C=N–C) groups is 1. The van der Waals surface area contributed by atoms with E-state index in [2.05, 4.69) is 9.89 Å². The molecule has 0 amide bonds. The van der Waals surface area contributed by atoms with Gasteiger partial charge in [-0.25, -0.2) is 4.39 Å². The number of esters is 1. The third-order valence-corrected chi connectivity index (χ3v) is 3.91. The van der Waals surface area contributed by atoms with Gasteiger partial charge in [-0.1, -0.05) is 0 Å². The summed E-state index contributed by atoms with van der Waals surface area (Å²) in [7, 11) is 0. The van der Waals surface area contributed by atoms with Crippen LogP contribution in [0.2, 0.25) is 0 Å². The summed E-state index contributed by atoms with van der Waals surface area (Å²) in [5.74, 6) is 0.0911. The fourth-order valence-electron chi connectivity index (χ4n) is 2.60. The zero-order valence-electron chi connectivity index (χ0n) is 14.5. The van der Waals surface area contributed by atoms with Gasteiger partial charge in [0.2, 0.25) is 0 Å². The second-order valence-electron chi connectivity index (χ2n) is 5.60. The molecule has 2 rings (SSSR count). The summed E-state index contributed by atoms with van der Waals surface area (Å²) in [5, 5.41) is 0. The minimum absolute atomic E-state index is 0. The molecule has 0 aliphatic carbocycles. The van der Waals surface area contributed by atoms with Gasteiger partial charge in [-0.2, -0.15) is 0 Å². The topological polar surface area (TPSA) is 71.2 Å². The third kappa shape index (κ3) is 7.05. The minimum Gasteiger partial charge on any atom is -0.466 e. The maximum absolute atomic E-state index is 13.0. The monoisotopic (exact) mass is 464 g/mol. The highest BCUT2D eigenvalue weighted by atomic mass is 127. The highest BCUT2D eigenvalue weighted by Crippen LogP contribution is 2.16. The van der Waals surface area contributed by atoms with Crippen molar-refractivity contribution in [2.45, 2.75) is 19.8 Å². The first-order valence-electron chi connectivity index (χ1n) is 8.31. The Morgan fingerprint density at radius 2 is 1.88 bits per heavy atom. The van der Waals surface area contributed by atoms with Gasteiger partial charge >= 0.3 is 5.97 Å². The fourth-order valence-corrected chi connectivity index (χ4v) is 2.60. The van der Waals surface area contributed by atoms with Crippen LogP contribution < -0.4 is 10.6 Å². The smallest absolute Gasteiger partial charge is 0.305 e. The summed E-state index contributed by atoms with van der Waals surface area (Å²) in [5.41, 5.74) is 7.03. The number of nitrogens with two attached hydrogens (primary N) is 1. The Labute approximate surface area is 165 Å². The van der Waals surface area contributed by atoms with E-state index in [9.17, 15) is 9.18 Å². The lowest BCUT2D eigenvalue weighted by atomic mass is 10.2. The molecule has 6 nitrogen and oxygen atoms in total. The van der Waals surface area contributed by atoms with Crippen molar-refractivity contribution in [2.24, 2.45) is 10.7 Å². The van der Waals surface area contributed by atoms with Gasteiger partial charge in [0.1, 0.15) is 5.82 Å². The van der Waals surface area contributed by atoms with Gasteiger partial charge in [-0.3, -0.25) is 9.79 Å². The maximum atomic E-state index is 13.0. The standard InChI is InChI=1S/C17H25FN4O2.HI/c1-2-24-16(23)4-3-9-20-17(19)22-12-10-21(11-13-22)15-7-5-14(18)6-8-15;/h5-8H,2-4,9-13H2,1H3,(H2,19,20);1H. The van der Waals surface area contributed by atoms with Crippen molar-refractivity contribution < 1.29 is 13.9 Å². The van der Waals surface area contributed by atoms with Crippen LogP contribution in [0.1, 0.15) is 19.8 Å². The number of hydrogen-bond acceptors (Lipinski definition) is 4. The molecule has 2 N–H and O–H groups in total. The maximum Gasteiger partial charge on any atom is 0.305 e. The van der Waals surface area contributed by atoms with Crippen molar-refractivity contribution in [3.05, 3.63) is 30.1 Å². The molecule has 0 saturated carbocycles. The number of halogens is 2. The number of nitrogens with zero attached hydrogens (tertiary/aromatic N) is 3. The summed E-state index contributed by atoms with van der Waals surface area (Å²) in [6.07, 6.45) is 0.998. The molecule has 0 spiro atoms. The second kappa shape index (κ2) is 11.1. The first kappa shape index (κ1) is 21.5. The van der Waals surface area contributed by atoms with Crippen molar-refractivity contribution in [2.75, 3.05) is 44.2 Å². The molecule has 1 aromatic carbocycles. The van der Waals surface area contributed by atoms with Crippen LogP contribution in [0.15, 0.2) is 29.3 Å². The summed E-state index contributed by atoms with van der Waals surface area (Å²) in [4.78, 5) is 19.8. The number of carbonyl (C=O) groups is 1. The van der Waals surface area contributed by atoms with E-state index < -0.39 is 0 Å². The Morgan fingerprint density at radius 3 is 2.48 bits per heavy atom. The van der Waals surface area contributed by atoms with Gasteiger partial charge in [-0.05, 0) is 37.6 Å². The highest BCUT2D eigenvalue weighted by Gasteiger charge is 2.18. The van der Waals surface area contributed by atoms with Gasteiger partial charge in [0, 0.05) is 44.8 Å². The molecule has 0 atom stereocenters. The number of carbonyl (C=O) groups excluding carboxylic acids is 1. The van der Waals surface area contributed by atoms with Crippen LogP contribution in [0.4, 0.5) is 10.1 Å². The van der Waals surface area contributed by atoms with E-state index in [4.69, 9.17) is 10.5 Å². The van der Waals surface area contributed by atoms with Gasteiger partial charge in [0.05, 0.1) is 6.61 Å². The number of guanidine groups is 1. The molecule has 8 heteroatoms. The minimum atomic E-state index is -0.225. The summed E-state index contributed by atoms with van der Waals surface area (Å²) >= 11 is 0. The number of ether oxygens (including phenoxy) is 1. The molecule has 25 heavy (non-hydrogen) atoms. The van der Waals surface area contributed by atoms with E-state index in [0.717, 1.165) is 31.9 Å². The summed E-state index contributed by atoms with van der Waals surface area (Å²) < 4.78 is 17.8. The molecule has 0 radical (unpaired) electrons. The lowest BCUT2D eigenvalue weighted by molar-refractivity contribution is -0.143. The second-order valence-corrected chi connectivity index (χ2v) is 5.60. The van der Waals surface area contributed by atoms with Gasteiger partial charge in [0.25, 0.3) is 0 Å². The lowest BCUT2D eigenvalue weighted by Crippen LogP contribution is -2.51. The molecule has 140 valence electrons. The van der Waals surface area contributed by atoms with Crippen LogP contribution >= 0.6 is 24.0 Å². The van der Waals surface area contributed by atoms with Crippen molar-refractivity contribution in [1.29, 1.82) is 0 Å². The van der Waals surface area contributed by atoms with E-state index in [-0.39, 0.29) is 35.8 Å². The van der Waals surface area contributed by atoms with Gasteiger partial charge in [-0.15, -0.1) is 24.0 Å². The SMILES string of the molecule is CCOC(=O)CCCN=C(N)N1CCN(c2ccc(F)cc2)CC1.I. The van der Waals surface area contributed by atoms with E-state index in [1.54, 1.807) is 19.1 Å². The number of anilines is 1. The van der Waals surface area contributed by atoms with E-state index in [0.29, 0.717) is 32.0 Å². The Hall–Kier alpha value is -1.58. The van der Waals surface area contributed by atoms with Crippen molar-refractivity contribution >= 4 is 41.6 Å². The predicted octanol–water partition coefficient (Wildman–Crippen LogP) is 2.22. The van der Waals surface area contributed by atoms with E-state index in [1.165, 1.54) is 12.1 Å². The molecule has 1 aromatic rings.